The van der Waals surface area contributed by atoms with Gasteiger partial charge in [0, 0.05) is 37.6 Å². The molecule has 1 heterocycles. The van der Waals surface area contributed by atoms with Crippen LogP contribution < -0.4 is 20.3 Å². The topological polar surface area (TPSA) is 73.9 Å². The van der Waals surface area contributed by atoms with Gasteiger partial charge in [-0.1, -0.05) is 18.2 Å². The van der Waals surface area contributed by atoms with Crippen molar-refractivity contribution in [3.8, 4) is 5.75 Å². The summed E-state index contributed by atoms with van der Waals surface area (Å²) in [5, 5.41) is 5.57. The summed E-state index contributed by atoms with van der Waals surface area (Å²) in [6, 6.07) is 16.4. The highest BCUT2D eigenvalue weighted by Crippen LogP contribution is 2.16. The minimum absolute atomic E-state index is 0.218. The third kappa shape index (κ3) is 4.94. The predicted octanol–water partition coefficient (Wildman–Crippen LogP) is 2.55. The van der Waals surface area contributed by atoms with Gasteiger partial charge in [0.1, 0.15) is 11.8 Å². The second-order valence-electron chi connectivity index (χ2n) is 6.70. The molecule has 0 spiro atoms. The molecule has 3 rings (SSSR count). The second-order valence-corrected chi connectivity index (χ2v) is 6.70. The van der Waals surface area contributed by atoms with Gasteiger partial charge in [0.25, 0.3) is 0 Å². The molecule has 1 aliphatic heterocycles. The number of rotatable bonds is 5. The van der Waals surface area contributed by atoms with Crippen molar-refractivity contribution in [1.29, 1.82) is 0 Å². The molecule has 148 valence electrons. The zero-order valence-electron chi connectivity index (χ0n) is 16.2. The Labute approximate surface area is 165 Å². The maximum Gasteiger partial charge on any atom is 0.318 e. The van der Waals surface area contributed by atoms with Crippen molar-refractivity contribution in [3.05, 3.63) is 54.6 Å². The van der Waals surface area contributed by atoms with Gasteiger partial charge in [0.05, 0.1) is 7.11 Å². The number of anilines is 2. The normalized spacial score (nSPS) is 14.9. The summed E-state index contributed by atoms with van der Waals surface area (Å²) in [5.41, 5.74) is 1.82. The van der Waals surface area contributed by atoms with E-state index >= 15 is 0 Å². The van der Waals surface area contributed by atoms with Crippen LogP contribution in [-0.4, -0.2) is 56.2 Å². The lowest BCUT2D eigenvalue weighted by atomic mass is 10.2. The van der Waals surface area contributed by atoms with Crippen molar-refractivity contribution in [2.45, 2.75) is 13.0 Å². The monoisotopic (exact) mass is 382 g/mol. The maximum atomic E-state index is 12.5. The molecule has 1 aliphatic rings. The summed E-state index contributed by atoms with van der Waals surface area (Å²) < 4.78 is 5.10. The number of para-hydroxylation sites is 1. The number of benzene rings is 2. The van der Waals surface area contributed by atoms with Gasteiger partial charge in [-0.15, -0.1) is 0 Å². The van der Waals surface area contributed by atoms with Gasteiger partial charge in [-0.3, -0.25) is 4.79 Å². The average molecular weight is 382 g/mol. The number of hydrogen-bond donors (Lipinski definition) is 2. The number of urea groups is 1. The molecular weight excluding hydrogens is 356 g/mol. The standard InChI is InChI=1S/C21H26N4O3/c1-16(20(26)23-17-8-10-19(28-2)11-9-17)22-21(27)25-14-12-24(13-15-25)18-6-4-3-5-7-18/h3-11,16H,12-15H2,1-2H3,(H,22,27)(H,23,26)/t16-/m1/s1. The predicted molar refractivity (Wildman–Crippen MR) is 110 cm³/mol. The smallest absolute Gasteiger partial charge is 0.318 e. The Hall–Kier alpha value is -3.22. The maximum absolute atomic E-state index is 12.5. The largest absolute Gasteiger partial charge is 0.497 e. The van der Waals surface area contributed by atoms with Crippen LogP contribution in [0.5, 0.6) is 5.75 Å². The SMILES string of the molecule is COc1ccc(NC(=O)[C@@H](C)NC(=O)N2CCN(c3ccccc3)CC2)cc1. The molecule has 7 nitrogen and oxygen atoms in total. The van der Waals surface area contributed by atoms with Crippen LogP contribution in [-0.2, 0) is 4.79 Å². The van der Waals surface area contributed by atoms with Crippen LogP contribution in [0.3, 0.4) is 0 Å². The quantitative estimate of drug-likeness (QED) is 0.834. The van der Waals surface area contributed by atoms with E-state index in [0.717, 1.165) is 18.8 Å². The molecule has 0 bridgehead atoms. The lowest BCUT2D eigenvalue weighted by Gasteiger charge is -2.36. The molecule has 0 saturated carbocycles. The van der Waals surface area contributed by atoms with E-state index in [4.69, 9.17) is 4.74 Å². The molecule has 0 radical (unpaired) electrons. The number of nitrogens with one attached hydrogen (secondary N) is 2. The van der Waals surface area contributed by atoms with Crippen LogP contribution in [0.1, 0.15) is 6.92 Å². The van der Waals surface area contributed by atoms with Gasteiger partial charge in [-0.2, -0.15) is 0 Å². The Bertz CT molecular complexity index is 787. The highest BCUT2D eigenvalue weighted by atomic mass is 16.5. The summed E-state index contributed by atoms with van der Waals surface area (Å²) >= 11 is 0. The van der Waals surface area contributed by atoms with Crippen LogP contribution in [0, 0.1) is 0 Å². The van der Waals surface area contributed by atoms with E-state index in [0.29, 0.717) is 24.5 Å². The number of carbonyl (C=O) groups is 2. The van der Waals surface area contributed by atoms with Crippen LogP contribution >= 0.6 is 0 Å². The summed E-state index contributed by atoms with van der Waals surface area (Å²) in [6.45, 7) is 4.45. The van der Waals surface area contributed by atoms with Crippen molar-refractivity contribution in [1.82, 2.24) is 10.2 Å². The molecule has 0 unspecified atom stereocenters. The van der Waals surface area contributed by atoms with Gasteiger partial charge in [0.2, 0.25) is 5.91 Å². The highest BCUT2D eigenvalue weighted by molar-refractivity contribution is 5.96. The first-order valence-electron chi connectivity index (χ1n) is 9.37. The fraction of sp³-hybridized carbons (Fsp3) is 0.333. The van der Waals surface area contributed by atoms with Gasteiger partial charge >= 0.3 is 6.03 Å². The zero-order chi connectivity index (χ0) is 19.9. The molecule has 1 atom stereocenters. The van der Waals surface area contributed by atoms with Crippen LogP contribution in [0.4, 0.5) is 16.2 Å². The number of ether oxygens (including phenoxy) is 1. The van der Waals surface area contributed by atoms with Gasteiger partial charge in [0.15, 0.2) is 0 Å². The Morgan fingerprint density at radius 1 is 0.964 bits per heavy atom. The summed E-state index contributed by atoms with van der Waals surface area (Å²) in [6.07, 6.45) is 0. The first kappa shape index (κ1) is 19.5. The molecule has 7 heteroatoms. The number of hydrogen-bond acceptors (Lipinski definition) is 4. The minimum atomic E-state index is -0.637. The van der Waals surface area contributed by atoms with Crippen molar-refractivity contribution in [2.75, 3.05) is 43.5 Å². The van der Waals surface area contributed by atoms with E-state index in [9.17, 15) is 9.59 Å². The Balaban J connectivity index is 1.46. The summed E-state index contributed by atoms with van der Waals surface area (Å²) in [7, 11) is 1.59. The molecule has 2 aromatic carbocycles. The van der Waals surface area contributed by atoms with Crippen LogP contribution in [0.2, 0.25) is 0 Å². The van der Waals surface area contributed by atoms with Gasteiger partial charge in [-0.25, -0.2) is 4.79 Å². The van der Waals surface area contributed by atoms with Crippen molar-refractivity contribution in [3.63, 3.8) is 0 Å². The van der Waals surface area contributed by atoms with Gasteiger partial charge < -0.3 is 25.2 Å². The molecular formula is C21H26N4O3. The Kier molecular flexibility index (Phi) is 6.37. The van der Waals surface area contributed by atoms with E-state index in [-0.39, 0.29) is 11.9 Å². The van der Waals surface area contributed by atoms with Crippen molar-refractivity contribution < 1.29 is 14.3 Å². The Morgan fingerprint density at radius 2 is 1.61 bits per heavy atom. The van der Waals surface area contributed by atoms with E-state index < -0.39 is 6.04 Å². The van der Waals surface area contributed by atoms with Crippen LogP contribution in [0.25, 0.3) is 0 Å². The molecule has 2 aromatic rings. The molecule has 3 amide bonds. The highest BCUT2D eigenvalue weighted by Gasteiger charge is 2.24. The fourth-order valence-electron chi connectivity index (χ4n) is 3.07. The number of carbonyl (C=O) groups excluding carboxylic acids is 2. The van der Waals surface area contributed by atoms with Crippen molar-refractivity contribution >= 4 is 23.3 Å². The lowest BCUT2D eigenvalue weighted by Crippen LogP contribution is -2.54. The van der Waals surface area contributed by atoms with E-state index in [1.54, 1.807) is 43.2 Å². The summed E-state index contributed by atoms with van der Waals surface area (Å²) in [4.78, 5) is 28.8. The van der Waals surface area contributed by atoms with Crippen molar-refractivity contribution in [2.24, 2.45) is 0 Å². The van der Waals surface area contributed by atoms with Crippen LogP contribution in [0.15, 0.2) is 54.6 Å². The molecule has 1 saturated heterocycles. The number of amides is 3. The molecule has 2 N–H and O–H groups in total. The zero-order valence-corrected chi connectivity index (χ0v) is 16.2. The van der Waals surface area contributed by atoms with E-state index in [1.807, 2.05) is 18.2 Å². The number of methoxy groups -OCH3 is 1. The third-order valence-electron chi connectivity index (χ3n) is 4.78. The molecule has 28 heavy (non-hydrogen) atoms. The Morgan fingerprint density at radius 3 is 2.21 bits per heavy atom. The number of piperazine rings is 1. The van der Waals surface area contributed by atoms with E-state index in [2.05, 4.69) is 27.7 Å². The first-order chi connectivity index (χ1) is 13.6. The third-order valence-corrected chi connectivity index (χ3v) is 4.78. The lowest BCUT2D eigenvalue weighted by molar-refractivity contribution is -0.117. The van der Waals surface area contributed by atoms with Gasteiger partial charge in [-0.05, 0) is 43.3 Å². The molecule has 0 aromatic heterocycles. The second kappa shape index (κ2) is 9.12. The van der Waals surface area contributed by atoms with E-state index in [1.165, 1.54) is 0 Å². The number of nitrogens with zero attached hydrogens (tertiary/aromatic N) is 2. The molecule has 1 fully saturated rings. The first-order valence-corrected chi connectivity index (χ1v) is 9.37. The average Bonchev–Trinajstić information content (AvgIpc) is 2.75. The fourth-order valence-corrected chi connectivity index (χ4v) is 3.07. The summed E-state index contributed by atoms with van der Waals surface area (Å²) in [5.74, 6) is 0.454. The minimum Gasteiger partial charge on any atom is -0.497 e. The molecule has 0 aliphatic carbocycles.